The van der Waals surface area contributed by atoms with E-state index in [9.17, 15) is 9.18 Å². The van der Waals surface area contributed by atoms with Crippen molar-refractivity contribution in [3.63, 3.8) is 0 Å². The fourth-order valence-corrected chi connectivity index (χ4v) is 2.32. The van der Waals surface area contributed by atoms with Crippen LogP contribution in [0.5, 0.6) is 0 Å². The van der Waals surface area contributed by atoms with Gasteiger partial charge in [-0.2, -0.15) is 0 Å². The van der Waals surface area contributed by atoms with Gasteiger partial charge in [0.2, 0.25) is 0 Å². The van der Waals surface area contributed by atoms with Crippen LogP contribution >= 0.6 is 11.8 Å². The van der Waals surface area contributed by atoms with Crippen molar-refractivity contribution in [1.29, 1.82) is 0 Å². The summed E-state index contributed by atoms with van der Waals surface area (Å²) >= 11 is 1.01. The van der Waals surface area contributed by atoms with Crippen molar-refractivity contribution in [3.05, 3.63) is 52.2 Å². The molecule has 1 heterocycles. The number of hydrogen-bond donors (Lipinski definition) is 3. The van der Waals surface area contributed by atoms with Crippen LogP contribution in [-0.4, -0.2) is 21.0 Å². The van der Waals surface area contributed by atoms with Crippen molar-refractivity contribution in [3.8, 4) is 0 Å². The molecule has 98 valence electrons. The highest BCUT2D eigenvalue weighted by atomic mass is 32.2. The Kier molecular flexibility index (Phi) is 3.81. The highest BCUT2D eigenvalue weighted by molar-refractivity contribution is 7.99. The van der Waals surface area contributed by atoms with Gasteiger partial charge in [0.1, 0.15) is 5.82 Å². The average Bonchev–Trinajstić information content (AvgIpc) is 2.38. The predicted molar refractivity (Wildman–Crippen MR) is 67.9 cm³/mol. The predicted octanol–water partition coefficient (Wildman–Crippen LogP) is 1.15. The van der Waals surface area contributed by atoms with Crippen LogP contribution < -0.4 is 11.3 Å². The maximum Gasteiger partial charge on any atom is 0.251 e. The van der Waals surface area contributed by atoms with Gasteiger partial charge in [-0.15, -0.1) is 0 Å². The van der Waals surface area contributed by atoms with Crippen LogP contribution in [0.1, 0.15) is 5.56 Å². The van der Waals surface area contributed by atoms with E-state index >= 15 is 0 Å². The molecule has 8 heteroatoms. The highest BCUT2D eigenvalue weighted by Crippen LogP contribution is 2.28. The van der Waals surface area contributed by atoms with Crippen molar-refractivity contribution in [2.75, 3.05) is 0 Å². The Balaban J connectivity index is 2.46. The van der Waals surface area contributed by atoms with Gasteiger partial charge in [-0.1, -0.05) is 23.0 Å². The number of nitrogens with one attached hydrogen (secondary N) is 1. The molecule has 2 rings (SSSR count). The Morgan fingerprint density at radius 2 is 2.26 bits per heavy atom. The van der Waals surface area contributed by atoms with Crippen LogP contribution in [0.15, 0.2) is 50.5 Å². The number of nitrogens with zero attached hydrogens (tertiary/aromatic N) is 2. The summed E-state index contributed by atoms with van der Waals surface area (Å²) in [6, 6.07) is 5.51. The molecule has 2 aromatic rings. The Labute approximate surface area is 111 Å². The number of H-pyrrole nitrogens is 1. The summed E-state index contributed by atoms with van der Waals surface area (Å²) < 4.78 is 13.7. The molecule has 4 N–H and O–H groups in total. The third-order valence-corrected chi connectivity index (χ3v) is 3.15. The lowest BCUT2D eigenvalue weighted by Gasteiger charge is -2.07. The number of nitrogens with two attached hydrogens (primary N) is 1. The minimum absolute atomic E-state index is 0.0403. The molecular formula is C11H9FN4O2S. The Morgan fingerprint density at radius 3 is 2.95 bits per heavy atom. The number of halogens is 1. The zero-order chi connectivity index (χ0) is 13.8. The summed E-state index contributed by atoms with van der Waals surface area (Å²) in [5.41, 5.74) is 5.07. The second kappa shape index (κ2) is 5.53. The summed E-state index contributed by atoms with van der Waals surface area (Å²) in [5, 5.41) is 11.7. The molecule has 0 aliphatic carbocycles. The smallest absolute Gasteiger partial charge is 0.251 e. The molecule has 0 fully saturated rings. The molecule has 0 unspecified atom stereocenters. The first kappa shape index (κ1) is 13.1. The van der Waals surface area contributed by atoms with Crippen LogP contribution in [0.3, 0.4) is 0 Å². The molecule has 0 saturated heterocycles. The zero-order valence-corrected chi connectivity index (χ0v) is 10.3. The minimum atomic E-state index is -0.626. The lowest BCUT2D eigenvalue weighted by molar-refractivity contribution is 0.318. The van der Waals surface area contributed by atoms with Crippen molar-refractivity contribution in [1.82, 2.24) is 9.97 Å². The van der Waals surface area contributed by atoms with Crippen LogP contribution in [0, 0.1) is 5.82 Å². The Bertz CT molecular complexity index is 686. The van der Waals surface area contributed by atoms with E-state index in [2.05, 4.69) is 15.1 Å². The number of oxime groups is 1. The molecule has 0 saturated carbocycles. The molecule has 0 atom stereocenters. The monoisotopic (exact) mass is 280 g/mol. The van der Waals surface area contributed by atoms with Crippen LogP contribution in [0.2, 0.25) is 0 Å². The first-order valence-electron chi connectivity index (χ1n) is 5.11. The summed E-state index contributed by atoms with van der Waals surface area (Å²) in [4.78, 5) is 18.0. The normalized spacial score (nSPS) is 11.5. The van der Waals surface area contributed by atoms with Crippen molar-refractivity contribution in [2.45, 2.75) is 10.1 Å². The highest BCUT2D eigenvalue weighted by Gasteiger charge is 2.14. The summed E-state index contributed by atoms with van der Waals surface area (Å²) in [7, 11) is 0. The lowest BCUT2D eigenvalue weighted by atomic mass is 10.2. The number of hydrogen-bond acceptors (Lipinski definition) is 5. The average molecular weight is 280 g/mol. The number of aromatic amines is 1. The van der Waals surface area contributed by atoms with Crippen LogP contribution in [0.25, 0.3) is 0 Å². The van der Waals surface area contributed by atoms with Gasteiger partial charge in [0.05, 0.1) is 5.56 Å². The maximum atomic E-state index is 13.7. The summed E-state index contributed by atoms with van der Waals surface area (Å²) in [5.74, 6) is -0.975. The van der Waals surface area contributed by atoms with Gasteiger partial charge in [-0.05, 0) is 12.1 Å². The second-order valence-corrected chi connectivity index (χ2v) is 4.47. The molecule has 1 aromatic heterocycles. The van der Waals surface area contributed by atoms with Gasteiger partial charge >= 0.3 is 0 Å². The number of aromatic nitrogens is 2. The van der Waals surface area contributed by atoms with Gasteiger partial charge in [-0.3, -0.25) is 4.79 Å². The van der Waals surface area contributed by atoms with Crippen molar-refractivity contribution >= 4 is 17.6 Å². The van der Waals surface area contributed by atoms with E-state index in [1.165, 1.54) is 24.4 Å². The van der Waals surface area contributed by atoms with Crippen LogP contribution in [-0.2, 0) is 0 Å². The fraction of sp³-hybridized carbons (Fsp3) is 0. The van der Waals surface area contributed by atoms with E-state index in [1.54, 1.807) is 6.07 Å². The zero-order valence-electron chi connectivity index (χ0n) is 9.50. The molecule has 0 radical (unpaired) electrons. The van der Waals surface area contributed by atoms with E-state index in [0.29, 0.717) is 4.90 Å². The Hall–Kier alpha value is -2.35. The van der Waals surface area contributed by atoms with Gasteiger partial charge < -0.3 is 15.9 Å². The Morgan fingerprint density at radius 1 is 1.47 bits per heavy atom. The SMILES string of the molecule is NC(=NO)c1c(F)cccc1Sc1nccc(=O)[nH]1. The molecule has 0 aliphatic heterocycles. The number of rotatable bonds is 3. The number of benzene rings is 1. The minimum Gasteiger partial charge on any atom is -0.409 e. The van der Waals surface area contributed by atoms with E-state index < -0.39 is 5.82 Å². The first-order chi connectivity index (χ1) is 9.11. The quantitative estimate of drug-likeness (QED) is 0.257. The topological polar surface area (TPSA) is 104 Å². The third kappa shape index (κ3) is 2.91. The van der Waals surface area contributed by atoms with Gasteiger partial charge in [0.25, 0.3) is 5.56 Å². The molecule has 0 aliphatic rings. The molecule has 0 spiro atoms. The van der Waals surface area contributed by atoms with E-state index in [1.807, 2.05) is 0 Å². The number of amidine groups is 1. The van der Waals surface area contributed by atoms with E-state index in [0.717, 1.165) is 11.8 Å². The van der Waals surface area contributed by atoms with E-state index in [4.69, 9.17) is 10.9 Å². The van der Waals surface area contributed by atoms with Gasteiger partial charge in [0.15, 0.2) is 11.0 Å². The third-order valence-electron chi connectivity index (χ3n) is 2.19. The molecule has 0 bridgehead atoms. The first-order valence-corrected chi connectivity index (χ1v) is 5.93. The standard InChI is InChI=1S/C11H9FN4O2S/c12-6-2-1-3-7(9(6)10(13)16-18)19-11-14-5-4-8(17)15-11/h1-5,18H,(H2,13,16)(H,14,15,17). The van der Waals surface area contributed by atoms with Crippen LogP contribution in [0.4, 0.5) is 4.39 Å². The maximum absolute atomic E-state index is 13.7. The summed E-state index contributed by atoms with van der Waals surface area (Å²) in [6.45, 7) is 0. The molecule has 6 nitrogen and oxygen atoms in total. The molecular weight excluding hydrogens is 271 g/mol. The summed E-state index contributed by atoms with van der Waals surface area (Å²) in [6.07, 6.45) is 1.34. The van der Waals surface area contributed by atoms with Crippen molar-refractivity contribution < 1.29 is 9.60 Å². The van der Waals surface area contributed by atoms with Gasteiger partial charge in [-0.25, -0.2) is 9.37 Å². The second-order valence-electron chi connectivity index (χ2n) is 3.44. The lowest BCUT2D eigenvalue weighted by Crippen LogP contribution is -2.16. The van der Waals surface area contributed by atoms with E-state index in [-0.39, 0.29) is 22.1 Å². The fourth-order valence-electron chi connectivity index (χ4n) is 1.40. The molecule has 1 aromatic carbocycles. The van der Waals surface area contributed by atoms with Crippen molar-refractivity contribution in [2.24, 2.45) is 10.9 Å². The molecule has 0 amide bonds. The molecule has 19 heavy (non-hydrogen) atoms. The van der Waals surface area contributed by atoms with Gasteiger partial charge in [0, 0.05) is 17.2 Å². The largest absolute Gasteiger partial charge is 0.409 e.